The standard InChI is InChI=1S/C27H45NO5/c1-3-5-7-8-9-10-11-12-13-14-15-17-22-26(31)23(21-24(29)27(22)32)28-19-16-18-25(30)33-20-6-4-2/h21,28,32H,3-20H2,1-2H3. The van der Waals surface area contributed by atoms with Crippen LogP contribution in [-0.2, 0) is 19.1 Å². The SMILES string of the molecule is CCCCCCCCCCCCCC1=C(O)C(=O)C=C(NCCCC(=O)OCCCC)C1=O. The second kappa shape index (κ2) is 18.3. The fraction of sp³-hybridized carbons (Fsp3) is 0.741. The first kappa shape index (κ1) is 28.9. The van der Waals surface area contributed by atoms with E-state index in [9.17, 15) is 19.5 Å². The summed E-state index contributed by atoms with van der Waals surface area (Å²) in [5, 5.41) is 13.1. The largest absolute Gasteiger partial charge is 0.504 e. The Hall–Kier alpha value is -2.11. The van der Waals surface area contributed by atoms with Gasteiger partial charge in [0.1, 0.15) is 0 Å². The topological polar surface area (TPSA) is 92.7 Å². The summed E-state index contributed by atoms with van der Waals surface area (Å²) in [5.74, 6) is -1.52. The predicted molar refractivity (Wildman–Crippen MR) is 132 cm³/mol. The second-order valence-corrected chi connectivity index (χ2v) is 8.97. The Balaban J connectivity index is 2.24. The summed E-state index contributed by atoms with van der Waals surface area (Å²) in [4.78, 5) is 36.4. The maximum Gasteiger partial charge on any atom is 0.305 e. The maximum absolute atomic E-state index is 12.7. The summed E-state index contributed by atoms with van der Waals surface area (Å²) >= 11 is 0. The molecule has 0 aromatic rings. The van der Waals surface area contributed by atoms with Crippen LogP contribution in [0.2, 0.25) is 0 Å². The summed E-state index contributed by atoms with van der Waals surface area (Å²) in [6.07, 6.45) is 17.4. The summed E-state index contributed by atoms with van der Waals surface area (Å²) in [5.41, 5.74) is 0.412. The summed E-state index contributed by atoms with van der Waals surface area (Å²) in [7, 11) is 0. The van der Waals surface area contributed by atoms with Crippen molar-refractivity contribution in [3.63, 3.8) is 0 Å². The van der Waals surface area contributed by atoms with Gasteiger partial charge in [0.2, 0.25) is 11.6 Å². The number of Topliss-reactive ketones (excluding diaryl/α,β-unsaturated/α-hetero) is 1. The van der Waals surface area contributed by atoms with Crippen LogP contribution in [0, 0.1) is 0 Å². The number of unbranched alkanes of at least 4 members (excludes halogenated alkanes) is 11. The molecule has 0 aromatic heterocycles. The molecule has 0 saturated heterocycles. The maximum atomic E-state index is 12.7. The summed E-state index contributed by atoms with van der Waals surface area (Å²) in [6, 6.07) is 0. The lowest BCUT2D eigenvalue weighted by Crippen LogP contribution is -2.29. The molecule has 0 fully saturated rings. The first-order valence-electron chi connectivity index (χ1n) is 13.1. The minimum atomic E-state index is -0.533. The molecule has 6 heteroatoms. The van der Waals surface area contributed by atoms with Crippen LogP contribution in [0.3, 0.4) is 0 Å². The number of carbonyl (C=O) groups excluding carboxylic acids is 3. The molecule has 1 aliphatic rings. The number of hydrogen-bond acceptors (Lipinski definition) is 6. The molecule has 0 radical (unpaired) electrons. The molecule has 1 rings (SSSR count). The van der Waals surface area contributed by atoms with E-state index in [1.807, 2.05) is 6.92 Å². The Kier molecular flexibility index (Phi) is 16.1. The van der Waals surface area contributed by atoms with Crippen molar-refractivity contribution >= 4 is 17.5 Å². The quantitative estimate of drug-likeness (QED) is 0.126. The van der Waals surface area contributed by atoms with E-state index in [1.54, 1.807) is 0 Å². The Morgan fingerprint density at radius 3 is 2.03 bits per heavy atom. The van der Waals surface area contributed by atoms with Gasteiger partial charge in [0.05, 0.1) is 12.3 Å². The number of rotatable bonds is 20. The van der Waals surface area contributed by atoms with Crippen LogP contribution in [-0.4, -0.2) is 35.8 Å². The van der Waals surface area contributed by atoms with E-state index in [4.69, 9.17) is 4.74 Å². The molecule has 0 amide bonds. The van der Waals surface area contributed by atoms with Gasteiger partial charge >= 0.3 is 5.97 Å². The second-order valence-electron chi connectivity index (χ2n) is 8.97. The zero-order chi connectivity index (χ0) is 24.3. The number of aliphatic hydroxyl groups is 1. The zero-order valence-corrected chi connectivity index (χ0v) is 20.9. The van der Waals surface area contributed by atoms with Gasteiger partial charge in [-0.2, -0.15) is 0 Å². The van der Waals surface area contributed by atoms with Crippen LogP contribution in [0.15, 0.2) is 23.1 Å². The minimum absolute atomic E-state index is 0.204. The van der Waals surface area contributed by atoms with Crippen molar-refractivity contribution in [2.24, 2.45) is 0 Å². The van der Waals surface area contributed by atoms with Gasteiger partial charge in [-0.1, -0.05) is 84.5 Å². The van der Waals surface area contributed by atoms with E-state index in [0.717, 1.165) is 38.2 Å². The minimum Gasteiger partial charge on any atom is -0.504 e. The highest BCUT2D eigenvalue weighted by atomic mass is 16.5. The number of ketones is 2. The zero-order valence-electron chi connectivity index (χ0n) is 20.9. The van der Waals surface area contributed by atoms with Gasteiger partial charge < -0.3 is 15.2 Å². The third kappa shape index (κ3) is 12.6. The third-order valence-corrected chi connectivity index (χ3v) is 5.98. The molecular formula is C27H45NO5. The van der Waals surface area contributed by atoms with Crippen molar-refractivity contribution < 1.29 is 24.2 Å². The van der Waals surface area contributed by atoms with Gasteiger partial charge in [0.25, 0.3) is 0 Å². The molecule has 33 heavy (non-hydrogen) atoms. The summed E-state index contributed by atoms with van der Waals surface area (Å²) < 4.78 is 5.11. The predicted octanol–water partition coefficient (Wildman–Crippen LogP) is 6.25. The van der Waals surface area contributed by atoms with Crippen LogP contribution in [0.25, 0.3) is 0 Å². The van der Waals surface area contributed by atoms with E-state index >= 15 is 0 Å². The van der Waals surface area contributed by atoms with Crippen molar-refractivity contribution in [2.45, 2.75) is 117 Å². The highest BCUT2D eigenvalue weighted by Crippen LogP contribution is 2.22. The van der Waals surface area contributed by atoms with Gasteiger partial charge in [-0.25, -0.2) is 0 Å². The average Bonchev–Trinajstić information content (AvgIpc) is 2.80. The van der Waals surface area contributed by atoms with Gasteiger partial charge in [-0.3, -0.25) is 14.4 Å². The van der Waals surface area contributed by atoms with Crippen molar-refractivity contribution in [1.82, 2.24) is 5.32 Å². The van der Waals surface area contributed by atoms with Crippen molar-refractivity contribution in [1.29, 1.82) is 0 Å². The molecule has 0 saturated carbocycles. The van der Waals surface area contributed by atoms with Crippen molar-refractivity contribution in [3.05, 3.63) is 23.1 Å². The first-order valence-corrected chi connectivity index (χ1v) is 13.1. The Morgan fingerprint density at radius 2 is 1.42 bits per heavy atom. The van der Waals surface area contributed by atoms with Gasteiger partial charge in [-0.15, -0.1) is 0 Å². The molecular weight excluding hydrogens is 418 g/mol. The molecule has 0 spiro atoms. The van der Waals surface area contributed by atoms with Crippen LogP contribution in [0.1, 0.15) is 117 Å². The molecule has 0 aromatic carbocycles. The number of esters is 1. The number of nitrogens with one attached hydrogen (secondary N) is 1. The van der Waals surface area contributed by atoms with Crippen LogP contribution in [0.5, 0.6) is 0 Å². The van der Waals surface area contributed by atoms with E-state index in [-0.39, 0.29) is 29.4 Å². The lowest BCUT2D eigenvalue weighted by atomic mass is 9.93. The molecule has 2 N–H and O–H groups in total. The molecule has 0 unspecified atom stereocenters. The molecule has 0 atom stereocenters. The highest BCUT2D eigenvalue weighted by Gasteiger charge is 2.27. The number of carbonyl (C=O) groups is 3. The first-order chi connectivity index (χ1) is 16.0. The van der Waals surface area contributed by atoms with Crippen molar-refractivity contribution in [3.8, 4) is 0 Å². The Morgan fingerprint density at radius 1 is 0.848 bits per heavy atom. The molecule has 0 aliphatic heterocycles. The monoisotopic (exact) mass is 463 g/mol. The van der Waals surface area contributed by atoms with Crippen LogP contribution >= 0.6 is 0 Å². The third-order valence-electron chi connectivity index (χ3n) is 5.98. The molecule has 6 nitrogen and oxygen atoms in total. The van der Waals surface area contributed by atoms with E-state index < -0.39 is 11.5 Å². The molecule has 1 aliphatic carbocycles. The van der Waals surface area contributed by atoms with Gasteiger partial charge in [-0.05, 0) is 25.7 Å². The van der Waals surface area contributed by atoms with E-state index in [1.165, 1.54) is 51.4 Å². The summed E-state index contributed by atoms with van der Waals surface area (Å²) in [6.45, 7) is 5.09. The lowest BCUT2D eigenvalue weighted by Gasteiger charge is -2.17. The van der Waals surface area contributed by atoms with Gasteiger partial charge in [0.15, 0.2) is 5.76 Å². The highest BCUT2D eigenvalue weighted by molar-refractivity contribution is 6.21. The number of ether oxygens (including phenoxy) is 1. The average molecular weight is 464 g/mol. The fourth-order valence-corrected chi connectivity index (χ4v) is 3.87. The number of hydrogen-bond donors (Lipinski definition) is 2. The van der Waals surface area contributed by atoms with E-state index in [2.05, 4.69) is 12.2 Å². The normalized spacial score (nSPS) is 13.9. The fourth-order valence-electron chi connectivity index (χ4n) is 3.87. The van der Waals surface area contributed by atoms with E-state index in [0.29, 0.717) is 26.0 Å². The van der Waals surface area contributed by atoms with Crippen molar-refractivity contribution in [2.75, 3.05) is 13.2 Å². The Bertz CT molecular complexity index is 665. The smallest absolute Gasteiger partial charge is 0.305 e. The molecule has 188 valence electrons. The van der Waals surface area contributed by atoms with Gasteiger partial charge in [0, 0.05) is 24.6 Å². The molecule has 0 bridgehead atoms. The molecule has 0 heterocycles. The number of allylic oxidation sites excluding steroid dienone is 2. The number of aliphatic hydroxyl groups excluding tert-OH is 1. The Labute approximate surface area is 200 Å². The van der Waals surface area contributed by atoms with Crippen LogP contribution in [0.4, 0.5) is 0 Å². The van der Waals surface area contributed by atoms with Crippen LogP contribution < -0.4 is 5.32 Å². The lowest BCUT2D eigenvalue weighted by molar-refractivity contribution is -0.143.